The monoisotopic (exact) mass is 232 g/mol. The molecule has 90 valence electrons. The predicted octanol–water partition coefficient (Wildman–Crippen LogP) is 1.83. The van der Waals surface area contributed by atoms with Gasteiger partial charge in [-0.15, -0.1) is 0 Å². The summed E-state index contributed by atoms with van der Waals surface area (Å²) in [6, 6.07) is 3.49. The number of pyridine rings is 1. The highest BCUT2D eigenvalue weighted by molar-refractivity contribution is 5.63. The molecule has 1 aromatic rings. The van der Waals surface area contributed by atoms with E-state index >= 15 is 0 Å². The smallest absolute Gasteiger partial charge is 0.236 e. The first-order chi connectivity index (χ1) is 8.20. The zero-order valence-corrected chi connectivity index (χ0v) is 9.65. The molecule has 17 heavy (non-hydrogen) atoms. The molecule has 5 heteroatoms. The molecular formula is C12H16N4O. The van der Waals surface area contributed by atoms with Gasteiger partial charge in [0.05, 0.1) is 5.69 Å². The minimum atomic E-state index is 0.129. The lowest BCUT2D eigenvalue weighted by atomic mass is 9.98. The quantitative estimate of drug-likeness (QED) is 0.810. The predicted molar refractivity (Wildman–Crippen MR) is 65.3 cm³/mol. The van der Waals surface area contributed by atoms with Crippen LogP contribution in [0.1, 0.15) is 37.7 Å². The Kier molecular flexibility index (Phi) is 3.33. The van der Waals surface area contributed by atoms with Gasteiger partial charge in [0.15, 0.2) is 0 Å². The lowest BCUT2D eigenvalue weighted by Crippen LogP contribution is -2.21. The van der Waals surface area contributed by atoms with Crippen molar-refractivity contribution in [1.82, 2.24) is 4.98 Å². The fourth-order valence-corrected chi connectivity index (χ4v) is 2.10. The molecule has 1 aromatic heterocycles. The number of nitrogens with two attached hydrogens (primary N) is 2. The Morgan fingerprint density at radius 2 is 2.00 bits per heavy atom. The van der Waals surface area contributed by atoms with Crippen molar-refractivity contribution in [3.05, 3.63) is 11.6 Å². The van der Waals surface area contributed by atoms with Crippen molar-refractivity contribution in [2.75, 3.05) is 11.5 Å². The van der Waals surface area contributed by atoms with Gasteiger partial charge in [0, 0.05) is 6.07 Å². The summed E-state index contributed by atoms with van der Waals surface area (Å²) in [4.78, 5) is 4.05. The number of nitrogens with zero attached hydrogens (tertiary/aromatic N) is 2. The molecule has 0 unspecified atom stereocenters. The molecule has 5 nitrogen and oxygen atoms in total. The average Bonchev–Trinajstić information content (AvgIpc) is 2.30. The summed E-state index contributed by atoms with van der Waals surface area (Å²) in [6.45, 7) is 0. The van der Waals surface area contributed by atoms with Gasteiger partial charge in [-0.1, -0.05) is 6.42 Å². The van der Waals surface area contributed by atoms with Crippen LogP contribution < -0.4 is 16.2 Å². The van der Waals surface area contributed by atoms with E-state index in [9.17, 15) is 0 Å². The number of rotatable bonds is 2. The fraction of sp³-hybridized carbons (Fsp3) is 0.500. The zero-order valence-electron chi connectivity index (χ0n) is 9.65. The van der Waals surface area contributed by atoms with Crippen molar-refractivity contribution in [1.29, 1.82) is 5.26 Å². The molecule has 1 aliphatic carbocycles. The van der Waals surface area contributed by atoms with Gasteiger partial charge in [-0.25, -0.2) is 0 Å². The van der Waals surface area contributed by atoms with Crippen LogP contribution in [0.3, 0.4) is 0 Å². The molecule has 1 saturated carbocycles. The highest BCUT2D eigenvalue weighted by Gasteiger charge is 2.19. The lowest BCUT2D eigenvalue weighted by Gasteiger charge is -2.23. The van der Waals surface area contributed by atoms with E-state index in [1.807, 2.05) is 6.07 Å². The lowest BCUT2D eigenvalue weighted by molar-refractivity contribution is 0.148. The number of nitrogen functional groups attached to an aromatic ring is 2. The molecule has 0 aromatic carbocycles. The second kappa shape index (κ2) is 4.91. The molecule has 0 radical (unpaired) electrons. The summed E-state index contributed by atoms with van der Waals surface area (Å²) in [5.74, 6) is 0.559. The van der Waals surface area contributed by atoms with E-state index in [2.05, 4.69) is 4.98 Å². The highest BCUT2D eigenvalue weighted by atomic mass is 16.5. The summed E-state index contributed by atoms with van der Waals surface area (Å²) in [6.07, 6.45) is 5.69. The number of aromatic nitrogens is 1. The Hall–Kier alpha value is -1.96. The summed E-state index contributed by atoms with van der Waals surface area (Å²) >= 11 is 0. The molecule has 0 aliphatic heterocycles. The summed E-state index contributed by atoms with van der Waals surface area (Å²) < 4.78 is 5.75. The van der Waals surface area contributed by atoms with Gasteiger partial charge in [-0.3, -0.25) is 0 Å². The summed E-state index contributed by atoms with van der Waals surface area (Å²) in [5.41, 5.74) is 11.9. The maximum absolute atomic E-state index is 9.03. The minimum absolute atomic E-state index is 0.129. The molecule has 0 spiro atoms. The van der Waals surface area contributed by atoms with E-state index < -0.39 is 0 Å². The van der Waals surface area contributed by atoms with E-state index in [0.717, 1.165) is 25.7 Å². The molecule has 1 heterocycles. The number of nitriles is 1. The van der Waals surface area contributed by atoms with Crippen LogP contribution in [0.4, 0.5) is 11.5 Å². The first kappa shape index (κ1) is 11.5. The van der Waals surface area contributed by atoms with Crippen molar-refractivity contribution in [2.24, 2.45) is 0 Å². The Morgan fingerprint density at radius 3 is 2.65 bits per heavy atom. The van der Waals surface area contributed by atoms with Gasteiger partial charge in [0.2, 0.25) is 5.88 Å². The van der Waals surface area contributed by atoms with E-state index in [1.165, 1.54) is 12.5 Å². The van der Waals surface area contributed by atoms with Gasteiger partial charge in [0.25, 0.3) is 0 Å². The van der Waals surface area contributed by atoms with Crippen molar-refractivity contribution >= 4 is 11.5 Å². The summed E-state index contributed by atoms with van der Waals surface area (Å²) in [5, 5.41) is 9.03. The van der Waals surface area contributed by atoms with Crippen LogP contribution in [0.2, 0.25) is 0 Å². The fourth-order valence-electron chi connectivity index (χ4n) is 2.10. The van der Waals surface area contributed by atoms with Crippen molar-refractivity contribution in [3.8, 4) is 11.9 Å². The molecule has 1 aliphatic rings. The Labute approximate surface area is 100 Å². The first-order valence-corrected chi connectivity index (χ1v) is 5.83. The Balaban J connectivity index is 2.22. The Bertz CT molecular complexity index is 447. The van der Waals surface area contributed by atoms with Crippen LogP contribution in [0.15, 0.2) is 6.07 Å². The third-order valence-electron chi connectivity index (χ3n) is 2.98. The van der Waals surface area contributed by atoms with Crippen molar-refractivity contribution in [2.45, 2.75) is 38.2 Å². The second-order valence-corrected chi connectivity index (χ2v) is 4.31. The third kappa shape index (κ3) is 2.59. The van der Waals surface area contributed by atoms with Crippen LogP contribution in [0, 0.1) is 11.3 Å². The van der Waals surface area contributed by atoms with Crippen molar-refractivity contribution in [3.63, 3.8) is 0 Å². The summed E-state index contributed by atoms with van der Waals surface area (Å²) in [7, 11) is 0. The van der Waals surface area contributed by atoms with E-state index in [-0.39, 0.29) is 23.4 Å². The molecule has 4 N–H and O–H groups in total. The zero-order chi connectivity index (χ0) is 12.3. The number of ether oxygens (including phenoxy) is 1. The van der Waals surface area contributed by atoms with Crippen LogP contribution in [-0.4, -0.2) is 11.1 Å². The SMILES string of the molecule is N#Cc1c(N)cc(N)nc1OC1CCCCC1. The minimum Gasteiger partial charge on any atom is -0.473 e. The maximum atomic E-state index is 9.03. The molecule has 1 fully saturated rings. The van der Waals surface area contributed by atoms with Gasteiger partial charge >= 0.3 is 0 Å². The van der Waals surface area contributed by atoms with Crippen LogP contribution >= 0.6 is 0 Å². The highest BCUT2D eigenvalue weighted by Crippen LogP contribution is 2.28. The first-order valence-electron chi connectivity index (χ1n) is 5.83. The van der Waals surface area contributed by atoms with E-state index in [1.54, 1.807) is 0 Å². The number of hydrogen-bond donors (Lipinski definition) is 2. The molecular weight excluding hydrogens is 216 g/mol. The van der Waals surface area contributed by atoms with Crippen LogP contribution in [0.5, 0.6) is 5.88 Å². The number of hydrogen-bond acceptors (Lipinski definition) is 5. The second-order valence-electron chi connectivity index (χ2n) is 4.31. The van der Waals surface area contributed by atoms with E-state index in [0.29, 0.717) is 5.69 Å². The molecule has 0 bridgehead atoms. The Morgan fingerprint density at radius 1 is 1.29 bits per heavy atom. The standard InChI is InChI=1S/C12H16N4O/c13-7-9-10(14)6-11(15)16-12(9)17-8-4-2-1-3-5-8/h6,8H,1-5H2,(H4,14,15,16). The average molecular weight is 232 g/mol. The third-order valence-corrected chi connectivity index (χ3v) is 2.98. The van der Waals surface area contributed by atoms with Gasteiger partial charge < -0.3 is 16.2 Å². The molecule has 0 saturated heterocycles. The van der Waals surface area contributed by atoms with Crippen molar-refractivity contribution < 1.29 is 4.74 Å². The topological polar surface area (TPSA) is 98.0 Å². The van der Waals surface area contributed by atoms with Crippen LogP contribution in [0.25, 0.3) is 0 Å². The molecule has 2 rings (SSSR count). The number of anilines is 2. The molecule has 0 atom stereocenters. The maximum Gasteiger partial charge on any atom is 0.236 e. The van der Waals surface area contributed by atoms with Gasteiger partial charge in [-0.05, 0) is 25.7 Å². The largest absolute Gasteiger partial charge is 0.473 e. The van der Waals surface area contributed by atoms with Gasteiger partial charge in [0.1, 0.15) is 23.6 Å². The normalized spacial score (nSPS) is 16.4. The van der Waals surface area contributed by atoms with Crippen LogP contribution in [-0.2, 0) is 0 Å². The molecule has 0 amide bonds. The van der Waals surface area contributed by atoms with Gasteiger partial charge in [-0.2, -0.15) is 10.2 Å². The van der Waals surface area contributed by atoms with E-state index in [4.69, 9.17) is 21.5 Å².